The molecule has 0 aromatic carbocycles. The van der Waals surface area contributed by atoms with Crippen LogP contribution in [0.2, 0.25) is 0 Å². The Balaban J connectivity index is 2.76. The van der Waals surface area contributed by atoms with Gasteiger partial charge in [-0.05, 0) is 19.8 Å². The molecular formula is C13H23N3O2. The van der Waals surface area contributed by atoms with Crippen LogP contribution in [0.3, 0.4) is 0 Å². The van der Waals surface area contributed by atoms with Gasteiger partial charge in [0, 0.05) is 24.8 Å². The fourth-order valence-corrected chi connectivity index (χ4v) is 2.00. The molecule has 1 atom stereocenters. The molecule has 1 aromatic heterocycles. The molecule has 1 rings (SSSR count). The largest absolute Gasteiger partial charge is 0.468 e. The van der Waals surface area contributed by atoms with Crippen molar-refractivity contribution in [1.29, 1.82) is 0 Å². The molecule has 5 heteroatoms. The van der Waals surface area contributed by atoms with E-state index in [1.54, 1.807) is 0 Å². The van der Waals surface area contributed by atoms with Crippen molar-refractivity contribution in [3.05, 3.63) is 17.0 Å². The number of nitrogens with zero attached hydrogens (tertiary/aromatic N) is 2. The second-order valence-electron chi connectivity index (χ2n) is 4.90. The van der Waals surface area contributed by atoms with Crippen LogP contribution in [0.1, 0.15) is 30.8 Å². The first-order valence-electron chi connectivity index (χ1n) is 6.18. The second-order valence-corrected chi connectivity index (χ2v) is 4.90. The van der Waals surface area contributed by atoms with E-state index in [4.69, 9.17) is 4.74 Å². The molecule has 0 saturated carbocycles. The number of nitrogens with one attached hydrogen (secondary N) is 1. The summed E-state index contributed by atoms with van der Waals surface area (Å²) in [5.74, 6) is -0.0288. The highest BCUT2D eigenvalue weighted by atomic mass is 16.5. The first-order chi connectivity index (χ1) is 8.38. The maximum atomic E-state index is 11.6. The van der Waals surface area contributed by atoms with Crippen molar-refractivity contribution >= 4 is 5.97 Å². The lowest BCUT2D eigenvalue weighted by Gasteiger charge is -2.19. The van der Waals surface area contributed by atoms with E-state index in [0.29, 0.717) is 6.54 Å². The molecule has 1 aromatic rings. The molecule has 0 radical (unpaired) electrons. The Labute approximate surface area is 109 Å². The first-order valence-corrected chi connectivity index (χ1v) is 6.18. The van der Waals surface area contributed by atoms with Gasteiger partial charge in [-0.3, -0.25) is 14.8 Å². The summed E-state index contributed by atoms with van der Waals surface area (Å²) < 4.78 is 6.66. The third-order valence-electron chi connectivity index (χ3n) is 3.28. The summed E-state index contributed by atoms with van der Waals surface area (Å²) >= 11 is 0. The normalized spacial score (nSPS) is 12.8. The van der Waals surface area contributed by atoms with Gasteiger partial charge in [0.25, 0.3) is 0 Å². The minimum atomic E-state index is -0.283. The third kappa shape index (κ3) is 3.10. The number of esters is 1. The van der Waals surface area contributed by atoms with Crippen molar-refractivity contribution < 1.29 is 9.53 Å². The Morgan fingerprint density at radius 1 is 1.44 bits per heavy atom. The fraction of sp³-hybridized carbons (Fsp3) is 0.692. The summed E-state index contributed by atoms with van der Waals surface area (Å²) in [4.78, 5) is 11.6. The summed E-state index contributed by atoms with van der Waals surface area (Å²) in [6.07, 6.45) is 0. The Morgan fingerprint density at radius 3 is 2.44 bits per heavy atom. The van der Waals surface area contributed by atoms with Crippen molar-refractivity contribution in [2.24, 2.45) is 13.0 Å². The highest BCUT2D eigenvalue weighted by molar-refractivity contribution is 5.75. The zero-order chi connectivity index (χ0) is 13.9. The molecule has 0 spiro atoms. The minimum Gasteiger partial charge on any atom is -0.468 e. The maximum absolute atomic E-state index is 11.6. The van der Waals surface area contributed by atoms with Gasteiger partial charge in [-0.2, -0.15) is 5.10 Å². The molecule has 1 N–H and O–H groups in total. The molecule has 1 unspecified atom stereocenters. The van der Waals surface area contributed by atoms with Crippen LogP contribution in [0.25, 0.3) is 0 Å². The van der Waals surface area contributed by atoms with Crippen molar-refractivity contribution in [3.63, 3.8) is 0 Å². The van der Waals surface area contributed by atoms with E-state index >= 15 is 0 Å². The fourth-order valence-electron chi connectivity index (χ4n) is 2.00. The average molecular weight is 253 g/mol. The summed E-state index contributed by atoms with van der Waals surface area (Å²) in [5.41, 5.74) is 3.26. The summed E-state index contributed by atoms with van der Waals surface area (Å²) in [7, 11) is 3.34. The second kappa shape index (κ2) is 6.00. The topological polar surface area (TPSA) is 56.1 Å². The van der Waals surface area contributed by atoms with Crippen LogP contribution in [0.4, 0.5) is 0 Å². The Hall–Kier alpha value is -1.36. The molecule has 0 bridgehead atoms. The van der Waals surface area contributed by atoms with Crippen molar-refractivity contribution in [2.75, 3.05) is 7.11 Å². The molecule has 5 nitrogen and oxygen atoms in total. The number of hydrogen-bond donors (Lipinski definition) is 1. The van der Waals surface area contributed by atoms with Crippen LogP contribution in [0, 0.1) is 19.8 Å². The zero-order valence-corrected chi connectivity index (χ0v) is 12.1. The number of methoxy groups -OCH3 is 1. The van der Waals surface area contributed by atoms with E-state index < -0.39 is 0 Å². The molecule has 0 aliphatic rings. The maximum Gasteiger partial charge on any atom is 0.323 e. The van der Waals surface area contributed by atoms with E-state index in [1.165, 1.54) is 7.11 Å². The van der Waals surface area contributed by atoms with Gasteiger partial charge in [0.05, 0.1) is 12.8 Å². The molecule has 0 amide bonds. The number of hydrogen-bond acceptors (Lipinski definition) is 4. The molecular weight excluding hydrogens is 230 g/mol. The number of aryl methyl sites for hydroxylation is 2. The van der Waals surface area contributed by atoms with Gasteiger partial charge in [0.2, 0.25) is 0 Å². The Kier molecular flexibility index (Phi) is 4.90. The van der Waals surface area contributed by atoms with E-state index in [9.17, 15) is 4.79 Å². The van der Waals surface area contributed by atoms with Crippen LogP contribution in [0.5, 0.6) is 0 Å². The number of aromatic nitrogens is 2. The highest BCUT2D eigenvalue weighted by Gasteiger charge is 2.23. The third-order valence-corrected chi connectivity index (χ3v) is 3.28. The van der Waals surface area contributed by atoms with Gasteiger partial charge in [-0.15, -0.1) is 0 Å². The summed E-state index contributed by atoms with van der Waals surface area (Å²) in [6, 6.07) is -0.283. The monoisotopic (exact) mass is 253 g/mol. The van der Waals surface area contributed by atoms with Crippen LogP contribution >= 0.6 is 0 Å². The molecule has 0 saturated heterocycles. The van der Waals surface area contributed by atoms with E-state index in [-0.39, 0.29) is 17.9 Å². The van der Waals surface area contributed by atoms with Gasteiger partial charge in [-0.25, -0.2) is 0 Å². The lowest BCUT2D eigenvalue weighted by atomic mass is 10.0. The number of carbonyl (C=O) groups is 1. The quantitative estimate of drug-likeness (QED) is 0.804. The smallest absolute Gasteiger partial charge is 0.323 e. The lowest BCUT2D eigenvalue weighted by Crippen LogP contribution is -2.41. The van der Waals surface area contributed by atoms with Crippen molar-refractivity contribution in [1.82, 2.24) is 15.1 Å². The lowest BCUT2D eigenvalue weighted by molar-refractivity contribution is -0.144. The van der Waals surface area contributed by atoms with Crippen LogP contribution in [-0.4, -0.2) is 28.9 Å². The molecule has 18 heavy (non-hydrogen) atoms. The van der Waals surface area contributed by atoms with Gasteiger partial charge in [0.15, 0.2) is 0 Å². The molecule has 0 fully saturated rings. The highest BCUT2D eigenvalue weighted by Crippen LogP contribution is 2.13. The van der Waals surface area contributed by atoms with Gasteiger partial charge in [-0.1, -0.05) is 13.8 Å². The molecule has 1 heterocycles. The van der Waals surface area contributed by atoms with E-state index in [1.807, 2.05) is 39.4 Å². The summed E-state index contributed by atoms with van der Waals surface area (Å²) in [6.45, 7) is 8.63. The first kappa shape index (κ1) is 14.7. The predicted molar refractivity (Wildman–Crippen MR) is 70.2 cm³/mol. The van der Waals surface area contributed by atoms with Gasteiger partial charge < -0.3 is 4.74 Å². The van der Waals surface area contributed by atoms with Gasteiger partial charge >= 0.3 is 5.97 Å². The van der Waals surface area contributed by atoms with E-state index in [2.05, 4.69) is 10.4 Å². The van der Waals surface area contributed by atoms with Crippen LogP contribution in [-0.2, 0) is 23.1 Å². The number of ether oxygens (including phenoxy) is 1. The number of rotatable bonds is 5. The minimum absolute atomic E-state index is 0.190. The number of carbonyl (C=O) groups excluding carboxylic acids is 1. The average Bonchev–Trinajstić information content (AvgIpc) is 2.54. The zero-order valence-electron chi connectivity index (χ0n) is 12.1. The molecule has 0 aliphatic heterocycles. The Bertz CT molecular complexity index is 424. The van der Waals surface area contributed by atoms with Crippen LogP contribution < -0.4 is 5.32 Å². The predicted octanol–water partition coefficient (Wildman–Crippen LogP) is 1.32. The van der Waals surface area contributed by atoms with E-state index in [0.717, 1.165) is 17.0 Å². The standard InChI is InChI=1S/C13H23N3O2/c1-8(2)12(13(17)18-6)14-7-11-9(3)15-16(5)10(11)4/h8,12,14H,7H2,1-6H3. The van der Waals surface area contributed by atoms with Gasteiger partial charge in [0.1, 0.15) is 6.04 Å². The Morgan fingerprint density at radius 2 is 2.06 bits per heavy atom. The van der Waals surface area contributed by atoms with Crippen LogP contribution in [0.15, 0.2) is 0 Å². The molecule has 102 valence electrons. The van der Waals surface area contributed by atoms with Crippen molar-refractivity contribution in [3.8, 4) is 0 Å². The summed E-state index contributed by atoms with van der Waals surface area (Å²) in [5, 5.41) is 7.61. The van der Waals surface area contributed by atoms with Crippen molar-refractivity contribution in [2.45, 2.75) is 40.3 Å². The SMILES string of the molecule is COC(=O)C(NCc1c(C)nn(C)c1C)C(C)C. The molecule has 0 aliphatic carbocycles.